The average Bonchev–Trinajstić information content (AvgIpc) is 3.31. The van der Waals surface area contributed by atoms with E-state index in [2.05, 4.69) is 11.2 Å². The van der Waals surface area contributed by atoms with Gasteiger partial charge in [-0.1, -0.05) is 42.5 Å². The van der Waals surface area contributed by atoms with Crippen molar-refractivity contribution in [2.75, 3.05) is 19.6 Å². The zero-order valence-electron chi connectivity index (χ0n) is 19.0. The summed E-state index contributed by atoms with van der Waals surface area (Å²) in [7, 11) is -2.55. The van der Waals surface area contributed by atoms with E-state index >= 15 is 0 Å². The predicted molar refractivity (Wildman–Crippen MR) is 130 cm³/mol. The number of hydrogen-bond donors (Lipinski definition) is 3. The van der Waals surface area contributed by atoms with E-state index in [-0.39, 0.29) is 5.92 Å². The lowest BCUT2D eigenvalue weighted by Gasteiger charge is -2.34. The van der Waals surface area contributed by atoms with Crippen molar-refractivity contribution < 1.29 is 24.0 Å². The van der Waals surface area contributed by atoms with Crippen LogP contribution in [0.15, 0.2) is 59.5 Å². The first-order valence-electron chi connectivity index (χ1n) is 11.4. The molecule has 9 heteroatoms. The summed E-state index contributed by atoms with van der Waals surface area (Å²) < 4.78 is 15.1. The molecule has 34 heavy (non-hydrogen) atoms. The molecular formula is C25H31N3O5S. The third-order valence-corrected chi connectivity index (χ3v) is 8.85. The van der Waals surface area contributed by atoms with Crippen molar-refractivity contribution in [2.45, 2.75) is 43.0 Å². The lowest BCUT2D eigenvalue weighted by Crippen LogP contribution is -2.50. The van der Waals surface area contributed by atoms with E-state index in [1.54, 1.807) is 0 Å². The van der Waals surface area contributed by atoms with Crippen LogP contribution in [-0.4, -0.2) is 73.2 Å². The maximum Gasteiger partial charge on any atom is 0.255 e. The number of amides is 2. The maximum atomic E-state index is 13.2. The Morgan fingerprint density at radius 3 is 2.12 bits per heavy atom. The number of aliphatic hydroxyl groups excluding tert-OH is 2. The monoisotopic (exact) mass is 485 g/mol. The molecule has 8 nitrogen and oxygen atoms in total. The molecule has 2 amide bonds. The summed E-state index contributed by atoms with van der Waals surface area (Å²) in [6, 6.07) is 16.8. The molecule has 2 aromatic rings. The summed E-state index contributed by atoms with van der Waals surface area (Å²) in [6.45, 7) is 2.16. The molecule has 1 saturated heterocycles. The summed E-state index contributed by atoms with van der Waals surface area (Å²) in [6.07, 6.45) is -2.24. The van der Waals surface area contributed by atoms with E-state index in [4.69, 9.17) is 0 Å². The zero-order valence-corrected chi connectivity index (χ0v) is 19.8. The van der Waals surface area contributed by atoms with Gasteiger partial charge in [-0.15, -0.1) is 0 Å². The topological polar surface area (TPSA) is 110 Å². The number of carbonyl (C=O) groups is 2. The fraction of sp³-hybridized carbons (Fsp3) is 0.400. The molecule has 182 valence electrons. The number of rotatable bonds is 7. The van der Waals surface area contributed by atoms with Crippen molar-refractivity contribution in [3.8, 4) is 0 Å². The molecule has 0 aliphatic carbocycles. The minimum Gasteiger partial charge on any atom is -0.380 e. The van der Waals surface area contributed by atoms with Gasteiger partial charge in [-0.05, 0) is 47.9 Å². The normalized spacial score (nSPS) is 20.2. The van der Waals surface area contributed by atoms with Gasteiger partial charge in [0, 0.05) is 37.6 Å². The van der Waals surface area contributed by atoms with Crippen LogP contribution in [-0.2, 0) is 32.4 Å². The van der Waals surface area contributed by atoms with Crippen molar-refractivity contribution in [3.63, 3.8) is 0 Å². The predicted octanol–water partition coefficient (Wildman–Crippen LogP) is 0.769. The molecule has 4 rings (SSSR count). The molecule has 1 fully saturated rings. The van der Waals surface area contributed by atoms with Crippen molar-refractivity contribution in [1.82, 2.24) is 14.5 Å². The third kappa shape index (κ3) is 5.17. The largest absolute Gasteiger partial charge is 0.380 e. The fourth-order valence-corrected chi connectivity index (χ4v) is 6.18. The lowest BCUT2D eigenvalue weighted by molar-refractivity contribution is -0.153. The highest BCUT2D eigenvalue weighted by atomic mass is 32.2. The summed E-state index contributed by atoms with van der Waals surface area (Å²) in [5.74, 6) is 2.65. The van der Waals surface area contributed by atoms with Crippen LogP contribution in [0.25, 0.3) is 0 Å². The van der Waals surface area contributed by atoms with Crippen molar-refractivity contribution in [1.29, 1.82) is 0 Å². The van der Waals surface area contributed by atoms with Gasteiger partial charge < -0.3 is 20.4 Å². The molecule has 0 bridgehead atoms. The van der Waals surface area contributed by atoms with Gasteiger partial charge in [-0.3, -0.25) is 9.59 Å². The van der Waals surface area contributed by atoms with Gasteiger partial charge in [0.25, 0.3) is 11.8 Å². The van der Waals surface area contributed by atoms with Crippen LogP contribution in [0.2, 0.25) is 0 Å². The van der Waals surface area contributed by atoms with Crippen molar-refractivity contribution >= 4 is 27.4 Å². The Morgan fingerprint density at radius 1 is 0.971 bits per heavy atom. The number of piperidine rings is 1. The van der Waals surface area contributed by atoms with E-state index in [0.29, 0.717) is 50.5 Å². The van der Waals surface area contributed by atoms with E-state index in [9.17, 15) is 24.0 Å². The number of benzene rings is 2. The van der Waals surface area contributed by atoms with Crippen molar-refractivity contribution in [3.05, 3.63) is 65.7 Å². The first kappa shape index (κ1) is 24.4. The van der Waals surface area contributed by atoms with Gasteiger partial charge in [-0.25, -0.2) is 8.51 Å². The molecule has 0 radical (unpaired) electrons. The smallest absolute Gasteiger partial charge is 0.255 e. The van der Waals surface area contributed by atoms with Gasteiger partial charge in [0.05, 0.1) is 9.71 Å². The molecule has 0 spiro atoms. The van der Waals surface area contributed by atoms with Crippen LogP contribution >= 0.6 is 0 Å². The number of fused-ring (bicyclic) bond motifs is 1. The molecule has 0 aromatic heterocycles. The Kier molecular flexibility index (Phi) is 7.37. The van der Waals surface area contributed by atoms with Crippen LogP contribution < -0.4 is 5.32 Å². The van der Waals surface area contributed by atoms with Gasteiger partial charge in [0.15, 0.2) is 12.2 Å². The van der Waals surface area contributed by atoms with Crippen LogP contribution in [0.4, 0.5) is 0 Å². The van der Waals surface area contributed by atoms with Gasteiger partial charge in [0.1, 0.15) is 0 Å². The zero-order chi connectivity index (χ0) is 24.3. The molecule has 3 atom stereocenters. The van der Waals surface area contributed by atoms with E-state index in [1.807, 2.05) is 58.9 Å². The minimum absolute atomic E-state index is 0.138. The van der Waals surface area contributed by atoms with Gasteiger partial charge in [-0.2, -0.15) is 0 Å². The van der Waals surface area contributed by atoms with Gasteiger partial charge in [0.2, 0.25) is 0 Å². The minimum atomic E-state index is -2.55. The molecule has 3 N–H and O–H groups in total. The first-order chi connectivity index (χ1) is 16.3. The van der Waals surface area contributed by atoms with Crippen LogP contribution in [0.1, 0.15) is 24.0 Å². The number of hydrogen-bond acceptors (Lipinski definition) is 5. The molecule has 1 unspecified atom stereocenters. The highest BCUT2D eigenvalue weighted by molar-refractivity contribution is 7.98. The summed E-state index contributed by atoms with van der Waals surface area (Å²) in [4.78, 5) is 27.2. The second kappa shape index (κ2) is 10.3. The maximum absolute atomic E-state index is 13.2. The molecule has 2 aliphatic heterocycles. The quantitative estimate of drug-likeness (QED) is 0.502. The standard InChI is InChI=1S/C25H31N3O5S/c1-34(33,21-9-3-2-4-10-21)28-13-11-18(12-14-28)15-26-24(31)22(29)23(30)25(32)27-16-19-7-5-6-8-20(19)17-27/h2-10,18,22-23,29-30H,1,11-17H2,(H,26,31)/t22-,23-,34?/m1/s1. The molecule has 0 saturated carbocycles. The van der Waals surface area contributed by atoms with E-state index < -0.39 is 33.7 Å². The van der Waals surface area contributed by atoms with Crippen molar-refractivity contribution in [2.24, 2.45) is 5.92 Å². The third-order valence-electron chi connectivity index (χ3n) is 6.64. The highest BCUT2D eigenvalue weighted by Crippen LogP contribution is 2.24. The number of aliphatic hydroxyl groups is 2. The summed E-state index contributed by atoms with van der Waals surface area (Å²) >= 11 is 0. The Labute approximate surface area is 200 Å². The Bertz CT molecular complexity index is 1110. The van der Waals surface area contributed by atoms with Crippen LogP contribution in [0.3, 0.4) is 0 Å². The molecule has 2 aromatic carbocycles. The van der Waals surface area contributed by atoms with Gasteiger partial charge >= 0.3 is 0 Å². The Balaban J connectivity index is 1.24. The molecular weight excluding hydrogens is 454 g/mol. The Morgan fingerprint density at radius 2 is 1.53 bits per heavy atom. The Hall–Kier alpha value is -2.72. The highest BCUT2D eigenvalue weighted by Gasteiger charge is 2.36. The van der Waals surface area contributed by atoms with Crippen LogP contribution in [0, 0.1) is 5.92 Å². The second-order valence-corrected chi connectivity index (χ2v) is 11.2. The van der Waals surface area contributed by atoms with E-state index in [0.717, 1.165) is 11.1 Å². The molecule has 2 heterocycles. The number of nitrogens with one attached hydrogen (secondary N) is 1. The summed E-state index contributed by atoms with van der Waals surface area (Å²) in [5.41, 5.74) is 1.98. The number of carbonyl (C=O) groups excluding carboxylic acids is 2. The molecule has 2 aliphatic rings. The fourth-order valence-electron chi connectivity index (χ4n) is 4.49. The lowest BCUT2D eigenvalue weighted by atomic mass is 9.98. The second-order valence-electron chi connectivity index (χ2n) is 8.92. The SMILES string of the molecule is C=S(=O)(c1ccccc1)N1CCC(CNC(=O)[C@H](O)[C@@H](O)C(=O)N2Cc3ccccc3C2)CC1. The summed E-state index contributed by atoms with van der Waals surface area (Å²) in [5, 5.41) is 23.2. The van der Waals surface area contributed by atoms with E-state index in [1.165, 1.54) is 4.90 Å². The average molecular weight is 486 g/mol. The number of nitrogens with zero attached hydrogens (tertiary/aromatic N) is 2. The first-order valence-corrected chi connectivity index (χ1v) is 13.1. The van der Waals surface area contributed by atoms with Crippen LogP contribution in [0.5, 0.6) is 0 Å².